The summed E-state index contributed by atoms with van der Waals surface area (Å²) in [7, 11) is -3.43. The standard InChI is InChI=1S/C14H14BrNO2S2/c15-11-4-1-5-12(10-11)20(17,18)16-8-2-6-13(16)14-7-3-9-19-14/h1,3-5,7,9-10,13H,2,6,8H2. The number of halogens is 1. The van der Waals surface area contributed by atoms with E-state index in [1.807, 2.05) is 23.6 Å². The van der Waals surface area contributed by atoms with Crippen molar-refractivity contribution in [3.8, 4) is 0 Å². The third kappa shape index (κ3) is 2.57. The van der Waals surface area contributed by atoms with Crippen molar-refractivity contribution in [3.05, 3.63) is 51.1 Å². The molecule has 20 heavy (non-hydrogen) atoms. The summed E-state index contributed by atoms with van der Waals surface area (Å²) in [5.74, 6) is 0. The van der Waals surface area contributed by atoms with E-state index >= 15 is 0 Å². The van der Waals surface area contributed by atoms with E-state index in [-0.39, 0.29) is 6.04 Å². The first kappa shape index (κ1) is 14.3. The first-order valence-electron chi connectivity index (χ1n) is 6.40. The number of rotatable bonds is 3. The van der Waals surface area contributed by atoms with Crippen molar-refractivity contribution in [1.29, 1.82) is 0 Å². The van der Waals surface area contributed by atoms with Crippen LogP contribution in [0.2, 0.25) is 0 Å². The highest BCUT2D eigenvalue weighted by atomic mass is 79.9. The van der Waals surface area contributed by atoms with Crippen molar-refractivity contribution in [2.45, 2.75) is 23.8 Å². The molecule has 1 aliphatic heterocycles. The van der Waals surface area contributed by atoms with Gasteiger partial charge in [-0.05, 0) is 42.5 Å². The van der Waals surface area contributed by atoms with Crippen LogP contribution in [0.5, 0.6) is 0 Å². The fourth-order valence-electron chi connectivity index (χ4n) is 2.56. The molecule has 0 aliphatic carbocycles. The Kier molecular flexibility index (Phi) is 3.99. The van der Waals surface area contributed by atoms with Crippen molar-refractivity contribution in [2.24, 2.45) is 0 Å². The Labute approximate surface area is 131 Å². The van der Waals surface area contributed by atoms with Crippen LogP contribution in [0.25, 0.3) is 0 Å². The van der Waals surface area contributed by atoms with Gasteiger partial charge in [0, 0.05) is 15.9 Å². The minimum absolute atomic E-state index is 0.0148. The average Bonchev–Trinajstić information content (AvgIpc) is 3.09. The molecule has 0 bridgehead atoms. The minimum atomic E-state index is -3.43. The van der Waals surface area contributed by atoms with Gasteiger partial charge in [-0.3, -0.25) is 0 Å². The molecule has 0 radical (unpaired) electrons. The van der Waals surface area contributed by atoms with E-state index < -0.39 is 10.0 Å². The van der Waals surface area contributed by atoms with Crippen molar-refractivity contribution in [2.75, 3.05) is 6.54 Å². The smallest absolute Gasteiger partial charge is 0.207 e. The van der Waals surface area contributed by atoms with Crippen LogP contribution in [-0.4, -0.2) is 19.3 Å². The molecule has 1 fully saturated rings. The highest BCUT2D eigenvalue weighted by molar-refractivity contribution is 9.10. The summed E-state index contributed by atoms with van der Waals surface area (Å²) in [4.78, 5) is 1.48. The topological polar surface area (TPSA) is 37.4 Å². The van der Waals surface area contributed by atoms with Crippen LogP contribution in [0.4, 0.5) is 0 Å². The lowest BCUT2D eigenvalue weighted by molar-refractivity contribution is 0.401. The molecule has 1 atom stereocenters. The molecule has 106 valence electrons. The number of sulfonamides is 1. The summed E-state index contributed by atoms with van der Waals surface area (Å²) >= 11 is 4.96. The van der Waals surface area contributed by atoms with E-state index in [0.29, 0.717) is 11.4 Å². The lowest BCUT2D eigenvalue weighted by Gasteiger charge is -2.23. The van der Waals surface area contributed by atoms with Gasteiger partial charge in [0.2, 0.25) is 10.0 Å². The van der Waals surface area contributed by atoms with E-state index in [4.69, 9.17) is 0 Å². The maximum atomic E-state index is 12.8. The largest absolute Gasteiger partial charge is 0.243 e. The lowest BCUT2D eigenvalue weighted by Crippen LogP contribution is -2.30. The summed E-state index contributed by atoms with van der Waals surface area (Å²) in [6.07, 6.45) is 1.81. The average molecular weight is 372 g/mol. The Bertz CT molecular complexity index is 698. The zero-order valence-corrected chi connectivity index (χ0v) is 13.9. The molecular formula is C14H14BrNO2S2. The van der Waals surface area contributed by atoms with Crippen molar-refractivity contribution < 1.29 is 8.42 Å². The maximum absolute atomic E-state index is 12.8. The van der Waals surface area contributed by atoms with Crippen LogP contribution in [0, 0.1) is 0 Å². The van der Waals surface area contributed by atoms with Crippen LogP contribution < -0.4 is 0 Å². The van der Waals surface area contributed by atoms with Gasteiger partial charge in [-0.15, -0.1) is 11.3 Å². The van der Waals surface area contributed by atoms with E-state index in [0.717, 1.165) is 22.2 Å². The molecule has 2 aromatic rings. The Morgan fingerprint density at radius 2 is 2.10 bits per heavy atom. The van der Waals surface area contributed by atoms with Crippen LogP contribution in [0.15, 0.2) is 51.1 Å². The summed E-state index contributed by atoms with van der Waals surface area (Å²) < 4.78 is 28.0. The molecule has 0 amide bonds. The van der Waals surface area contributed by atoms with Gasteiger partial charge in [0.15, 0.2) is 0 Å². The molecule has 0 saturated carbocycles. The van der Waals surface area contributed by atoms with Gasteiger partial charge in [0.1, 0.15) is 0 Å². The Balaban J connectivity index is 1.98. The van der Waals surface area contributed by atoms with Gasteiger partial charge in [-0.25, -0.2) is 8.42 Å². The Morgan fingerprint density at radius 1 is 1.25 bits per heavy atom. The third-order valence-electron chi connectivity index (χ3n) is 3.48. The minimum Gasteiger partial charge on any atom is -0.207 e. The van der Waals surface area contributed by atoms with Crippen molar-refractivity contribution >= 4 is 37.3 Å². The normalized spacial score (nSPS) is 20.4. The second-order valence-electron chi connectivity index (χ2n) is 4.75. The number of thiophene rings is 1. The van der Waals surface area contributed by atoms with Crippen LogP contribution >= 0.6 is 27.3 Å². The van der Waals surface area contributed by atoms with Gasteiger partial charge >= 0.3 is 0 Å². The van der Waals surface area contributed by atoms with E-state index in [1.54, 1.807) is 33.8 Å². The molecule has 1 aliphatic rings. The zero-order chi connectivity index (χ0) is 14.2. The molecule has 2 heterocycles. The summed E-state index contributed by atoms with van der Waals surface area (Å²) in [6, 6.07) is 10.9. The second-order valence-corrected chi connectivity index (χ2v) is 8.53. The molecule has 3 rings (SSSR count). The molecule has 3 nitrogen and oxygen atoms in total. The van der Waals surface area contributed by atoms with E-state index in [1.165, 1.54) is 0 Å². The Hall–Kier alpha value is -0.690. The first-order chi connectivity index (χ1) is 9.59. The molecule has 1 unspecified atom stereocenters. The van der Waals surface area contributed by atoms with Gasteiger partial charge in [0.25, 0.3) is 0 Å². The second kappa shape index (κ2) is 5.60. The summed E-state index contributed by atoms with van der Waals surface area (Å²) in [5, 5.41) is 2.00. The molecule has 1 aromatic heterocycles. The van der Waals surface area contributed by atoms with Gasteiger partial charge in [-0.1, -0.05) is 28.1 Å². The summed E-state index contributed by atoms with van der Waals surface area (Å²) in [6.45, 7) is 0.595. The van der Waals surface area contributed by atoms with Crippen molar-refractivity contribution in [1.82, 2.24) is 4.31 Å². The van der Waals surface area contributed by atoms with Crippen LogP contribution in [0.1, 0.15) is 23.8 Å². The SMILES string of the molecule is O=S(=O)(c1cccc(Br)c1)N1CCCC1c1cccs1. The quantitative estimate of drug-likeness (QED) is 0.816. The number of benzene rings is 1. The van der Waals surface area contributed by atoms with Gasteiger partial charge in [0.05, 0.1) is 10.9 Å². The number of nitrogens with zero attached hydrogens (tertiary/aromatic N) is 1. The predicted octanol–water partition coefficient (Wildman–Crippen LogP) is 4.04. The molecule has 1 aromatic carbocycles. The van der Waals surface area contributed by atoms with E-state index in [9.17, 15) is 8.42 Å². The molecule has 0 N–H and O–H groups in total. The van der Waals surface area contributed by atoms with Crippen molar-refractivity contribution in [3.63, 3.8) is 0 Å². The molecule has 6 heteroatoms. The monoisotopic (exact) mass is 371 g/mol. The van der Waals surface area contributed by atoms with Gasteiger partial charge in [-0.2, -0.15) is 4.31 Å². The number of hydrogen-bond acceptors (Lipinski definition) is 3. The fourth-order valence-corrected chi connectivity index (χ4v) is 5.77. The lowest BCUT2D eigenvalue weighted by atomic mass is 10.2. The molecule has 1 saturated heterocycles. The third-order valence-corrected chi connectivity index (χ3v) is 6.85. The predicted molar refractivity (Wildman–Crippen MR) is 84.3 cm³/mol. The highest BCUT2D eigenvalue weighted by Gasteiger charge is 2.36. The van der Waals surface area contributed by atoms with E-state index in [2.05, 4.69) is 15.9 Å². The first-order valence-corrected chi connectivity index (χ1v) is 9.51. The number of hydrogen-bond donors (Lipinski definition) is 0. The van der Waals surface area contributed by atoms with Crippen LogP contribution in [-0.2, 0) is 10.0 Å². The zero-order valence-electron chi connectivity index (χ0n) is 10.7. The molecule has 0 spiro atoms. The van der Waals surface area contributed by atoms with Gasteiger partial charge < -0.3 is 0 Å². The summed E-state index contributed by atoms with van der Waals surface area (Å²) in [5.41, 5.74) is 0. The van der Waals surface area contributed by atoms with Crippen LogP contribution in [0.3, 0.4) is 0 Å². The highest BCUT2D eigenvalue weighted by Crippen LogP contribution is 2.38. The molecular weight excluding hydrogens is 358 g/mol. The fraction of sp³-hybridized carbons (Fsp3) is 0.286. The maximum Gasteiger partial charge on any atom is 0.243 e. The Morgan fingerprint density at radius 3 is 2.80 bits per heavy atom.